The molecule has 2 N–H and O–H groups in total. The van der Waals surface area contributed by atoms with Crippen LogP contribution in [0.15, 0.2) is 18.2 Å². The number of ether oxygens (including phenoxy) is 2. The molecule has 3 rings (SSSR count). The summed E-state index contributed by atoms with van der Waals surface area (Å²) in [5.41, 5.74) is 0.750. The second kappa shape index (κ2) is 13.1. The summed E-state index contributed by atoms with van der Waals surface area (Å²) in [7, 11) is 3.77. The van der Waals surface area contributed by atoms with E-state index in [1.807, 2.05) is 19.0 Å². The smallest absolute Gasteiger partial charge is 0.434 e. The van der Waals surface area contributed by atoms with Gasteiger partial charge >= 0.3 is 6.09 Å². The van der Waals surface area contributed by atoms with Gasteiger partial charge in [-0.25, -0.2) is 4.79 Å². The number of amides is 1. The molecule has 1 aliphatic heterocycles. The van der Waals surface area contributed by atoms with Crippen molar-refractivity contribution in [3.8, 4) is 5.75 Å². The second-order valence-electron chi connectivity index (χ2n) is 7.35. The van der Waals surface area contributed by atoms with E-state index in [0.717, 1.165) is 4.68 Å². The molecule has 2 aromatic rings. The number of benzene rings is 1. The quantitative estimate of drug-likeness (QED) is 0.398. The lowest BCUT2D eigenvalue weighted by Gasteiger charge is -2.15. The van der Waals surface area contributed by atoms with Gasteiger partial charge < -0.3 is 25.0 Å². The van der Waals surface area contributed by atoms with Gasteiger partial charge in [-0.05, 0) is 33.2 Å². The first-order valence-electron chi connectivity index (χ1n) is 10.2. The van der Waals surface area contributed by atoms with Crippen LogP contribution in [0.4, 0.5) is 16.3 Å². The third-order valence-electron chi connectivity index (χ3n) is 4.82. The van der Waals surface area contributed by atoms with E-state index >= 15 is 0 Å². The largest absolute Gasteiger partial charge is 0.492 e. The van der Waals surface area contributed by atoms with Gasteiger partial charge in [0.1, 0.15) is 17.9 Å². The van der Waals surface area contributed by atoms with E-state index < -0.39 is 16.9 Å². The zero-order valence-electron chi connectivity index (χ0n) is 19.0. The Morgan fingerprint density at radius 1 is 1.32 bits per heavy atom. The number of likely N-dealkylation sites (N-methyl/N-ethyl adjacent to an activating group) is 1. The first kappa shape index (κ1) is 29.1. The number of hydrogen-bond donors (Lipinski definition) is 2. The summed E-state index contributed by atoms with van der Waals surface area (Å²) in [6.07, 6.45) is -0.118. The highest BCUT2D eigenvalue weighted by Crippen LogP contribution is 2.28. The van der Waals surface area contributed by atoms with Crippen molar-refractivity contribution in [2.24, 2.45) is 0 Å². The molecule has 188 valence electrons. The molecule has 0 radical (unpaired) electrons. The van der Waals surface area contributed by atoms with E-state index in [9.17, 15) is 19.7 Å². The van der Waals surface area contributed by atoms with Crippen LogP contribution < -0.4 is 15.4 Å². The Morgan fingerprint density at radius 3 is 2.71 bits per heavy atom. The van der Waals surface area contributed by atoms with Crippen molar-refractivity contribution in [2.75, 3.05) is 45.7 Å². The fraction of sp³-hybridized carbons (Fsp3) is 0.450. The number of aromatic nitrogens is 2. The SMILES string of the molecule is CCOC(=O)n1nc(NC(=O)c2ccc(OCCN(C)C)cc2[N+](=O)[O-])c2c1CCNC2.Cl.Cl. The molecule has 34 heavy (non-hydrogen) atoms. The van der Waals surface area contributed by atoms with Gasteiger partial charge in [0.25, 0.3) is 11.6 Å². The van der Waals surface area contributed by atoms with Crippen molar-refractivity contribution < 1.29 is 24.0 Å². The van der Waals surface area contributed by atoms with Gasteiger partial charge in [0.05, 0.1) is 23.3 Å². The fourth-order valence-corrected chi connectivity index (χ4v) is 3.25. The summed E-state index contributed by atoms with van der Waals surface area (Å²) < 4.78 is 11.7. The van der Waals surface area contributed by atoms with Crippen molar-refractivity contribution in [2.45, 2.75) is 19.9 Å². The van der Waals surface area contributed by atoms with Crippen LogP contribution in [0.3, 0.4) is 0 Å². The standard InChI is InChI=1S/C20H26N6O6.2ClH/c1-4-31-20(28)25-16-7-8-21-12-15(16)18(23-25)22-19(27)14-6-5-13(11-17(14)26(29)30)32-10-9-24(2)3;;/h5-6,11,21H,4,7-10,12H2,1-3H3,(H,22,23,27);2*1H. The lowest BCUT2D eigenvalue weighted by atomic mass is 10.1. The molecule has 0 bridgehead atoms. The van der Waals surface area contributed by atoms with E-state index in [1.165, 1.54) is 18.2 Å². The molecule has 0 fully saturated rings. The van der Waals surface area contributed by atoms with Crippen molar-refractivity contribution in [3.63, 3.8) is 0 Å². The molecule has 1 aromatic carbocycles. The van der Waals surface area contributed by atoms with E-state index in [1.54, 1.807) is 6.92 Å². The number of rotatable bonds is 8. The Balaban J connectivity index is 0.00000289. The Kier molecular flexibility index (Phi) is 11.2. The highest BCUT2D eigenvalue weighted by Gasteiger charge is 2.28. The third kappa shape index (κ3) is 6.79. The number of nitrogens with one attached hydrogen (secondary N) is 2. The average Bonchev–Trinajstić information content (AvgIpc) is 3.12. The molecule has 1 aromatic heterocycles. The second-order valence-corrected chi connectivity index (χ2v) is 7.35. The molecule has 0 aliphatic carbocycles. The van der Waals surface area contributed by atoms with Gasteiger partial charge in [0, 0.05) is 31.6 Å². The molecule has 0 saturated heterocycles. The minimum absolute atomic E-state index is 0. The number of carbonyl (C=O) groups excluding carboxylic acids is 2. The minimum Gasteiger partial charge on any atom is -0.492 e. The third-order valence-corrected chi connectivity index (χ3v) is 4.82. The molecule has 0 saturated carbocycles. The zero-order valence-corrected chi connectivity index (χ0v) is 20.7. The van der Waals surface area contributed by atoms with Crippen LogP contribution in [-0.2, 0) is 17.7 Å². The summed E-state index contributed by atoms with van der Waals surface area (Å²) in [4.78, 5) is 38.0. The first-order valence-corrected chi connectivity index (χ1v) is 10.2. The molecular weight excluding hydrogens is 491 g/mol. The Bertz CT molecular complexity index is 1030. The Labute approximate surface area is 208 Å². The average molecular weight is 519 g/mol. The van der Waals surface area contributed by atoms with Crippen LogP contribution in [0.1, 0.15) is 28.5 Å². The topological polar surface area (TPSA) is 141 Å². The van der Waals surface area contributed by atoms with Gasteiger partial charge in [-0.15, -0.1) is 29.9 Å². The van der Waals surface area contributed by atoms with Crippen LogP contribution >= 0.6 is 24.8 Å². The van der Waals surface area contributed by atoms with Gasteiger partial charge in [0.2, 0.25) is 0 Å². The van der Waals surface area contributed by atoms with E-state index in [-0.39, 0.29) is 48.5 Å². The number of hydrogen-bond acceptors (Lipinski definition) is 9. The highest BCUT2D eigenvalue weighted by atomic mass is 35.5. The Hall–Kier alpha value is -2.93. The summed E-state index contributed by atoms with van der Waals surface area (Å²) in [5.74, 6) is -0.257. The molecule has 14 heteroatoms. The lowest BCUT2D eigenvalue weighted by molar-refractivity contribution is -0.385. The number of carbonyl (C=O) groups is 2. The molecule has 1 aliphatic rings. The normalized spacial score (nSPS) is 12.1. The van der Waals surface area contributed by atoms with Gasteiger partial charge in [0.15, 0.2) is 5.82 Å². The van der Waals surface area contributed by atoms with Crippen LogP contribution in [0.2, 0.25) is 0 Å². The van der Waals surface area contributed by atoms with Crippen molar-refractivity contribution in [1.29, 1.82) is 0 Å². The maximum Gasteiger partial charge on any atom is 0.434 e. The molecule has 0 unspecified atom stereocenters. The van der Waals surface area contributed by atoms with Crippen LogP contribution in [0, 0.1) is 10.1 Å². The highest BCUT2D eigenvalue weighted by molar-refractivity contribution is 6.07. The fourth-order valence-electron chi connectivity index (χ4n) is 3.25. The summed E-state index contributed by atoms with van der Waals surface area (Å²) in [6.45, 7) is 3.89. The van der Waals surface area contributed by atoms with E-state index in [4.69, 9.17) is 9.47 Å². The van der Waals surface area contributed by atoms with Crippen LogP contribution in [0.25, 0.3) is 0 Å². The lowest BCUT2D eigenvalue weighted by Crippen LogP contribution is -2.27. The molecular formula is C20H28Cl2N6O6. The van der Waals surface area contributed by atoms with Crippen molar-refractivity contribution in [1.82, 2.24) is 20.0 Å². The maximum absolute atomic E-state index is 12.9. The van der Waals surface area contributed by atoms with Gasteiger partial charge in [-0.1, -0.05) is 0 Å². The summed E-state index contributed by atoms with van der Waals surface area (Å²) in [6, 6.07) is 4.07. The van der Waals surface area contributed by atoms with Crippen LogP contribution in [-0.4, -0.2) is 72.0 Å². The van der Waals surface area contributed by atoms with Crippen molar-refractivity contribution in [3.05, 3.63) is 45.1 Å². The number of halogens is 2. The minimum atomic E-state index is -0.710. The number of fused-ring (bicyclic) bond motifs is 1. The molecule has 12 nitrogen and oxygen atoms in total. The number of anilines is 1. The predicted octanol–water partition coefficient (Wildman–Crippen LogP) is 2.48. The zero-order chi connectivity index (χ0) is 23.3. The van der Waals surface area contributed by atoms with E-state index in [2.05, 4.69) is 15.7 Å². The number of nitro benzene ring substituents is 1. The van der Waals surface area contributed by atoms with Crippen molar-refractivity contribution >= 4 is 48.3 Å². The first-order chi connectivity index (χ1) is 15.3. The molecule has 0 spiro atoms. The summed E-state index contributed by atoms with van der Waals surface area (Å²) in [5, 5.41) is 21.5. The molecule has 1 amide bonds. The summed E-state index contributed by atoms with van der Waals surface area (Å²) >= 11 is 0. The monoisotopic (exact) mass is 518 g/mol. The number of nitro groups is 1. The predicted molar refractivity (Wildman–Crippen MR) is 130 cm³/mol. The van der Waals surface area contributed by atoms with Crippen LogP contribution in [0.5, 0.6) is 5.75 Å². The number of nitrogens with zero attached hydrogens (tertiary/aromatic N) is 4. The van der Waals surface area contributed by atoms with Gasteiger partial charge in [-0.3, -0.25) is 14.9 Å². The molecule has 0 atom stereocenters. The molecule has 2 heterocycles. The maximum atomic E-state index is 12.9. The Morgan fingerprint density at radius 2 is 2.06 bits per heavy atom. The van der Waals surface area contributed by atoms with E-state index in [0.29, 0.717) is 49.7 Å². The van der Waals surface area contributed by atoms with Gasteiger partial charge in [-0.2, -0.15) is 4.68 Å².